The molecule has 2 rings (SSSR count). The van der Waals surface area contributed by atoms with Crippen molar-refractivity contribution in [1.29, 1.82) is 0 Å². The Hall–Kier alpha value is -2.64. The third-order valence-corrected chi connectivity index (χ3v) is 5.85. The second kappa shape index (κ2) is 12.4. The highest BCUT2D eigenvalue weighted by Crippen LogP contribution is 2.28. The van der Waals surface area contributed by atoms with Crippen molar-refractivity contribution in [2.75, 3.05) is 11.9 Å². The maximum absolute atomic E-state index is 12.4. The first-order valence-corrected chi connectivity index (χ1v) is 13.9. The zero-order valence-corrected chi connectivity index (χ0v) is 21.0. The molecule has 0 fully saturated rings. The number of rotatable bonds is 10. The molecule has 1 atom stereocenters. The monoisotopic (exact) mass is 456 g/mol. The van der Waals surface area contributed by atoms with E-state index in [2.05, 4.69) is 44.5 Å². The molecule has 0 aliphatic rings. The molecule has 2 aromatic carbocycles. The van der Waals surface area contributed by atoms with E-state index in [1.165, 1.54) is 0 Å². The topological polar surface area (TPSA) is 76.7 Å². The van der Waals surface area contributed by atoms with E-state index in [4.69, 9.17) is 9.16 Å². The van der Waals surface area contributed by atoms with Crippen LogP contribution in [0.15, 0.2) is 54.6 Å². The highest BCUT2D eigenvalue weighted by atomic mass is 28.3. The summed E-state index contributed by atoms with van der Waals surface area (Å²) in [6.07, 6.45) is 1.22. The van der Waals surface area contributed by atoms with Gasteiger partial charge in [-0.1, -0.05) is 69.3 Å². The van der Waals surface area contributed by atoms with E-state index in [0.717, 1.165) is 29.7 Å². The smallest absolute Gasteiger partial charge is 0.407 e. The number of hydrogen-bond acceptors (Lipinski definition) is 4. The summed E-state index contributed by atoms with van der Waals surface area (Å²) >= 11 is 0. The molecule has 0 saturated heterocycles. The van der Waals surface area contributed by atoms with Crippen molar-refractivity contribution in [2.45, 2.75) is 59.4 Å². The summed E-state index contributed by atoms with van der Waals surface area (Å²) in [4.78, 5) is 24.3. The predicted octanol–water partition coefficient (Wildman–Crippen LogP) is 4.90. The highest BCUT2D eigenvalue weighted by Gasteiger charge is 2.26. The van der Waals surface area contributed by atoms with Gasteiger partial charge in [0.05, 0.1) is 0 Å². The van der Waals surface area contributed by atoms with Gasteiger partial charge in [0.25, 0.3) is 0 Å². The number of alkyl carbamates (subject to hydrolysis) is 1. The molecular weight excluding hydrogens is 420 g/mol. The largest absolute Gasteiger partial charge is 0.445 e. The Morgan fingerprint density at radius 2 is 1.66 bits per heavy atom. The Morgan fingerprint density at radius 3 is 2.31 bits per heavy atom. The molecule has 0 heterocycles. The summed E-state index contributed by atoms with van der Waals surface area (Å²) in [7, 11) is -1.16. The predicted molar refractivity (Wildman–Crippen MR) is 131 cm³/mol. The average Bonchev–Trinajstić information content (AvgIpc) is 2.74. The lowest BCUT2D eigenvalue weighted by Crippen LogP contribution is -2.34. The van der Waals surface area contributed by atoms with Gasteiger partial charge in [-0.15, -0.1) is 0 Å². The maximum Gasteiger partial charge on any atom is 0.407 e. The van der Waals surface area contributed by atoms with Crippen molar-refractivity contribution in [3.8, 4) is 0 Å². The van der Waals surface area contributed by atoms with E-state index in [-0.39, 0.29) is 30.6 Å². The number of benzene rings is 2. The number of carbonyl (C=O) groups is 2. The molecule has 0 aliphatic carbocycles. The van der Waals surface area contributed by atoms with Crippen LogP contribution in [0.25, 0.3) is 0 Å². The first-order chi connectivity index (χ1) is 15.1. The number of para-hydroxylation sites is 1. The fraction of sp³-hybridized carbons (Fsp3) is 0.440. The summed E-state index contributed by atoms with van der Waals surface area (Å²) in [5.41, 5.74) is 2.75. The van der Waals surface area contributed by atoms with Gasteiger partial charge in [0.15, 0.2) is 9.04 Å². The molecule has 0 bridgehead atoms. The highest BCUT2D eigenvalue weighted by molar-refractivity contribution is 6.48. The van der Waals surface area contributed by atoms with Crippen LogP contribution in [0.1, 0.15) is 38.3 Å². The number of carbonyl (C=O) groups excluding carboxylic acids is 2. The Kier molecular flexibility index (Phi) is 9.93. The van der Waals surface area contributed by atoms with Crippen LogP contribution in [0.4, 0.5) is 10.5 Å². The summed E-state index contributed by atoms with van der Waals surface area (Å²) < 4.78 is 11.4. The van der Waals surface area contributed by atoms with Crippen molar-refractivity contribution in [2.24, 2.45) is 5.41 Å². The first-order valence-electron chi connectivity index (χ1n) is 11.1. The van der Waals surface area contributed by atoms with Crippen molar-refractivity contribution >= 4 is 26.7 Å². The standard InChI is InChI=1S/C25H36N2O4Si/c1-25(2,3)22(31-32(4)5)16-15-20-13-9-10-14-21(20)27-23(28)17-26-24(29)30-18-19-11-7-6-8-12-19/h6-14,22,32H,15-18H2,1-5H3,(H,26,29)(H,27,28). The van der Waals surface area contributed by atoms with Crippen LogP contribution in [0, 0.1) is 5.41 Å². The molecule has 1 unspecified atom stereocenters. The van der Waals surface area contributed by atoms with Gasteiger partial charge >= 0.3 is 6.09 Å². The minimum absolute atomic E-state index is 0.0551. The number of hydrogen-bond donors (Lipinski definition) is 2. The van der Waals surface area contributed by atoms with Gasteiger partial charge in [0.2, 0.25) is 5.91 Å². The molecule has 2 aromatic rings. The van der Waals surface area contributed by atoms with E-state index in [1.807, 2.05) is 54.6 Å². The first kappa shape index (κ1) is 25.6. The number of nitrogens with one attached hydrogen (secondary N) is 2. The lowest BCUT2D eigenvalue weighted by Gasteiger charge is -2.33. The quantitative estimate of drug-likeness (QED) is 0.499. The normalized spacial score (nSPS) is 12.3. The molecule has 0 spiro atoms. The molecule has 0 aromatic heterocycles. The van der Waals surface area contributed by atoms with Crippen molar-refractivity contribution in [3.05, 3.63) is 65.7 Å². The van der Waals surface area contributed by atoms with E-state index in [1.54, 1.807) is 0 Å². The van der Waals surface area contributed by atoms with E-state index < -0.39 is 15.1 Å². The Labute approximate surface area is 193 Å². The van der Waals surface area contributed by atoms with Crippen LogP contribution in [0.3, 0.4) is 0 Å². The van der Waals surface area contributed by atoms with Crippen LogP contribution in [-0.4, -0.2) is 33.7 Å². The lowest BCUT2D eigenvalue weighted by molar-refractivity contribution is -0.115. The molecule has 7 heteroatoms. The second-order valence-corrected chi connectivity index (χ2v) is 11.6. The number of aryl methyl sites for hydroxylation is 1. The molecule has 0 aliphatic heterocycles. The van der Waals surface area contributed by atoms with Gasteiger partial charge < -0.3 is 19.8 Å². The fourth-order valence-electron chi connectivity index (χ4n) is 3.30. The SMILES string of the molecule is C[SiH](C)OC(CCc1ccccc1NC(=O)CNC(=O)OCc1ccccc1)C(C)(C)C. The molecule has 2 N–H and O–H groups in total. The van der Waals surface area contributed by atoms with E-state index in [0.29, 0.717) is 0 Å². The van der Waals surface area contributed by atoms with Crippen molar-refractivity contribution in [1.82, 2.24) is 5.32 Å². The van der Waals surface area contributed by atoms with Crippen molar-refractivity contribution in [3.63, 3.8) is 0 Å². The molecular formula is C25H36N2O4Si. The molecule has 2 amide bonds. The summed E-state index contributed by atoms with van der Waals surface area (Å²) in [6, 6.07) is 17.1. The molecule has 0 radical (unpaired) electrons. The third-order valence-electron chi connectivity index (χ3n) is 4.98. The molecule has 174 valence electrons. The lowest BCUT2D eigenvalue weighted by atomic mass is 9.85. The Balaban J connectivity index is 1.86. The molecule has 0 saturated carbocycles. The Bertz CT molecular complexity index is 866. The van der Waals surface area contributed by atoms with Crippen LogP contribution in [0.5, 0.6) is 0 Å². The van der Waals surface area contributed by atoms with Gasteiger partial charge in [0, 0.05) is 11.8 Å². The number of anilines is 1. The molecule has 32 heavy (non-hydrogen) atoms. The summed E-state index contributed by atoms with van der Waals surface area (Å²) in [6.45, 7) is 11.0. The number of ether oxygens (including phenoxy) is 1. The van der Waals surface area contributed by atoms with Gasteiger partial charge in [-0.2, -0.15) is 0 Å². The average molecular weight is 457 g/mol. The minimum atomic E-state index is -1.16. The van der Waals surface area contributed by atoms with Crippen LogP contribution >= 0.6 is 0 Å². The van der Waals surface area contributed by atoms with Gasteiger partial charge in [-0.25, -0.2) is 4.79 Å². The minimum Gasteiger partial charge on any atom is -0.445 e. The van der Waals surface area contributed by atoms with Gasteiger partial charge in [-0.3, -0.25) is 4.79 Å². The Morgan fingerprint density at radius 1 is 1.00 bits per heavy atom. The third kappa shape index (κ3) is 9.24. The summed E-state index contributed by atoms with van der Waals surface area (Å²) in [5, 5.41) is 5.40. The summed E-state index contributed by atoms with van der Waals surface area (Å²) in [5.74, 6) is -0.299. The number of amides is 2. The zero-order chi connectivity index (χ0) is 23.6. The zero-order valence-electron chi connectivity index (χ0n) is 19.8. The van der Waals surface area contributed by atoms with Crippen LogP contribution in [-0.2, 0) is 27.0 Å². The van der Waals surface area contributed by atoms with Crippen LogP contribution < -0.4 is 10.6 Å². The maximum atomic E-state index is 12.4. The van der Waals surface area contributed by atoms with Crippen molar-refractivity contribution < 1.29 is 18.8 Å². The van der Waals surface area contributed by atoms with Gasteiger partial charge in [-0.05, 0) is 48.5 Å². The van der Waals surface area contributed by atoms with Crippen LogP contribution in [0.2, 0.25) is 13.1 Å². The van der Waals surface area contributed by atoms with Gasteiger partial charge in [0.1, 0.15) is 13.2 Å². The molecule has 6 nitrogen and oxygen atoms in total. The van der Waals surface area contributed by atoms with E-state index in [9.17, 15) is 9.59 Å². The second-order valence-electron chi connectivity index (χ2n) is 9.20. The fourth-order valence-corrected chi connectivity index (χ4v) is 4.50. The van der Waals surface area contributed by atoms with E-state index >= 15 is 0 Å².